The van der Waals surface area contributed by atoms with Crippen molar-refractivity contribution >= 4 is 17.7 Å². The van der Waals surface area contributed by atoms with E-state index in [0.29, 0.717) is 31.4 Å². The first kappa shape index (κ1) is 15.3. The molecule has 2 heterocycles. The molecular formula is C17H18N2O4. The van der Waals surface area contributed by atoms with Crippen molar-refractivity contribution in [2.75, 3.05) is 0 Å². The summed E-state index contributed by atoms with van der Waals surface area (Å²) in [5, 5.41) is 11.6. The van der Waals surface area contributed by atoms with Crippen LogP contribution in [0.15, 0.2) is 30.5 Å². The molecule has 2 aliphatic heterocycles. The third-order valence-electron chi connectivity index (χ3n) is 4.36. The predicted molar refractivity (Wildman–Crippen MR) is 82.6 cm³/mol. The van der Waals surface area contributed by atoms with Crippen molar-refractivity contribution in [3.8, 4) is 0 Å². The highest BCUT2D eigenvalue weighted by molar-refractivity contribution is 6.05. The van der Waals surface area contributed by atoms with Gasteiger partial charge >= 0.3 is 0 Å². The SMILES string of the molecule is C=C(O)CCc1cccc2c1CN(C1CCC(=O)NC1=O)C2=O. The Bertz CT molecular complexity index is 711. The highest BCUT2D eigenvalue weighted by atomic mass is 16.3. The van der Waals surface area contributed by atoms with Crippen LogP contribution < -0.4 is 5.32 Å². The molecule has 0 radical (unpaired) electrons. The lowest BCUT2D eigenvalue weighted by molar-refractivity contribution is -0.136. The Morgan fingerprint density at radius 3 is 2.83 bits per heavy atom. The average molecular weight is 314 g/mol. The van der Waals surface area contributed by atoms with Gasteiger partial charge in [-0.05, 0) is 30.0 Å². The first-order chi connectivity index (χ1) is 11.0. The number of fused-ring (bicyclic) bond motifs is 1. The van der Waals surface area contributed by atoms with E-state index in [1.54, 1.807) is 12.1 Å². The van der Waals surface area contributed by atoms with Crippen LogP contribution >= 0.6 is 0 Å². The molecule has 0 aliphatic carbocycles. The normalized spacial score (nSPS) is 20.4. The zero-order valence-corrected chi connectivity index (χ0v) is 12.7. The van der Waals surface area contributed by atoms with Crippen molar-refractivity contribution in [3.63, 3.8) is 0 Å². The van der Waals surface area contributed by atoms with Crippen molar-refractivity contribution in [3.05, 3.63) is 47.2 Å². The topological polar surface area (TPSA) is 86.7 Å². The lowest BCUT2D eigenvalue weighted by atomic mass is 9.99. The summed E-state index contributed by atoms with van der Waals surface area (Å²) in [6.07, 6.45) is 1.62. The summed E-state index contributed by atoms with van der Waals surface area (Å²) >= 11 is 0. The zero-order valence-electron chi connectivity index (χ0n) is 12.7. The molecule has 1 aromatic rings. The monoisotopic (exact) mass is 314 g/mol. The molecule has 1 saturated heterocycles. The second-order valence-electron chi connectivity index (χ2n) is 5.91. The molecule has 23 heavy (non-hydrogen) atoms. The lowest BCUT2D eigenvalue weighted by Gasteiger charge is -2.29. The number of carbonyl (C=O) groups is 3. The highest BCUT2D eigenvalue weighted by Gasteiger charge is 2.39. The Morgan fingerprint density at radius 1 is 1.35 bits per heavy atom. The maximum atomic E-state index is 12.6. The quantitative estimate of drug-likeness (QED) is 0.650. The van der Waals surface area contributed by atoms with Gasteiger partial charge in [-0.3, -0.25) is 19.7 Å². The number of rotatable bonds is 4. The third kappa shape index (κ3) is 2.84. The Hall–Kier alpha value is -2.63. The molecule has 1 fully saturated rings. The molecular weight excluding hydrogens is 296 g/mol. The second kappa shape index (κ2) is 5.87. The molecule has 6 nitrogen and oxygen atoms in total. The van der Waals surface area contributed by atoms with Crippen LogP contribution in [0.5, 0.6) is 0 Å². The number of piperidine rings is 1. The van der Waals surface area contributed by atoms with Crippen LogP contribution in [-0.2, 0) is 22.6 Å². The number of aliphatic hydroxyl groups is 1. The number of aliphatic hydroxyl groups excluding tert-OH is 1. The number of imide groups is 1. The van der Waals surface area contributed by atoms with Gasteiger partial charge in [0.1, 0.15) is 6.04 Å². The number of carbonyl (C=O) groups excluding carboxylic acids is 3. The summed E-state index contributed by atoms with van der Waals surface area (Å²) in [5.74, 6) is -0.779. The lowest BCUT2D eigenvalue weighted by Crippen LogP contribution is -2.52. The molecule has 120 valence electrons. The average Bonchev–Trinajstić information content (AvgIpc) is 2.83. The van der Waals surface area contributed by atoms with E-state index in [0.717, 1.165) is 11.1 Å². The van der Waals surface area contributed by atoms with Gasteiger partial charge in [0, 0.05) is 24.9 Å². The van der Waals surface area contributed by atoms with E-state index in [1.165, 1.54) is 4.90 Å². The molecule has 2 N–H and O–H groups in total. The molecule has 6 heteroatoms. The fourth-order valence-electron chi connectivity index (χ4n) is 3.16. The van der Waals surface area contributed by atoms with E-state index in [1.807, 2.05) is 6.07 Å². The molecule has 0 bridgehead atoms. The van der Waals surface area contributed by atoms with Crippen molar-refractivity contribution in [2.45, 2.75) is 38.3 Å². The highest BCUT2D eigenvalue weighted by Crippen LogP contribution is 2.30. The fourth-order valence-corrected chi connectivity index (χ4v) is 3.16. The molecule has 3 amide bonds. The molecule has 3 rings (SSSR count). The fraction of sp³-hybridized carbons (Fsp3) is 0.353. The minimum absolute atomic E-state index is 0.106. The van der Waals surface area contributed by atoms with Crippen molar-refractivity contribution in [2.24, 2.45) is 0 Å². The number of allylic oxidation sites excluding steroid dienone is 1. The Kier molecular flexibility index (Phi) is 3.90. The van der Waals surface area contributed by atoms with Crippen LogP contribution in [0.25, 0.3) is 0 Å². The number of nitrogens with one attached hydrogen (secondary N) is 1. The maximum Gasteiger partial charge on any atom is 0.255 e. The van der Waals surface area contributed by atoms with Crippen LogP contribution in [-0.4, -0.2) is 33.8 Å². The molecule has 0 saturated carbocycles. The van der Waals surface area contributed by atoms with Crippen LogP contribution in [0.4, 0.5) is 0 Å². The number of hydrogen-bond donors (Lipinski definition) is 2. The van der Waals surface area contributed by atoms with E-state index >= 15 is 0 Å². The minimum Gasteiger partial charge on any atom is -0.513 e. The molecule has 1 unspecified atom stereocenters. The van der Waals surface area contributed by atoms with Gasteiger partial charge in [-0.1, -0.05) is 18.7 Å². The van der Waals surface area contributed by atoms with Gasteiger partial charge in [0.2, 0.25) is 11.8 Å². The summed E-state index contributed by atoms with van der Waals surface area (Å²) < 4.78 is 0. The maximum absolute atomic E-state index is 12.6. The van der Waals surface area contributed by atoms with E-state index < -0.39 is 11.9 Å². The zero-order chi connectivity index (χ0) is 16.6. The van der Waals surface area contributed by atoms with Crippen LogP contribution in [0.1, 0.15) is 40.7 Å². The minimum atomic E-state index is -0.603. The Morgan fingerprint density at radius 2 is 2.13 bits per heavy atom. The van der Waals surface area contributed by atoms with Gasteiger partial charge in [-0.2, -0.15) is 0 Å². The van der Waals surface area contributed by atoms with Gasteiger partial charge < -0.3 is 10.0 Å². The van der Waals surface area contributed by atoms with E-state index in [2.05, 4.69) is 11.9 Å². The van der Waals surface area contributed by atoms with Gasteiger partial charge in [0.05, 0.1) is 5.76 Å². The summed E-state index contributed by atoms with van der Waals surface area (Å²) in [6, 6.07) is 4.87. The largest absolute Gasteiger partial charge is 0.513 e. The number of hydrogen-bond acceptors (Lipinski definition) is 4. The first-order valence-electron chi connectivity index (χ1n) is 7.59. The molecule has 0 spiro atoms. The Balaban J connectivity index is 1.84. The van der Waals surface area contributed by atoms with Crippen molar-refractivity contribution < 1.29 is 19.5 Å². The Labute approximate surface area is 133 Å². The number of aryl methyl sites for hydroxylation is 1. The van der Waals surface area contributed by atoms with Crippen LogP contribution in [0.3, 0.4) is 0 Å². The van der Waals surface area contributed by atoms with Crippen molar-refractivity contribution in [1.29, 1.82) is 0 Å². The molecule has 0 aromatic heterocycles. The molecule has 1 aromatic carbocycles. The number of benzene rings is 1. The summed E-state index contributed by atoms with van der Waals surface area (Å²) in [7, 11) is 0. The van der Waals surface area contributed by atoms with E-state index in [9.17, 15) is 19.5 Å². The smallest absolute Gasteiger partial charge is 0.255 e. The molecule has 1 atom stereocenters. The number of nitrogens with zero attached hydrogens (tertiary/aromatic N) is 1. The predicted octanol–water partition coefficient (Wildman–Crippen LogP) is 1.45. The van der Waals surface area contributed by atoms with E-state index in [4.69, 9.17) is 0 Å². The van der Waals surface area contributed by atoms with E-state index in [-0.39, 0.29) is 24.0 Å². The van der Waals surface area contributed by atoms with Crippen molar-refractivity contribution in [1.82, 2.24) is 10.2 Å². The number of amides is 3. The second-order valence-corrected chi connectivity index (χ2v) is 5.91. The standard InChI is InChI=1S/C17H18N2O4/c1-10(20)5-6-11-3-2-4-12-13(11)9-19(17(12)23)14-7-8-15(21)18-16(14)22/h2-4,14,20H,1,5-9H2,(H,18,21,22). The van der Waals surface area contributed by atoms with Crippen LogP contribution in [0, 0.1) is 0 Å². The third-order valence-corrected chi connectivity index (χ3v) is 4.36. The van der Waals surface area contributed by atoms with Gasteiger partial charge in [0.25, 0.3) is 5.91 Å². The summed E-state index contributed by atoms with van der Waals surface area (Å²) in [4.78, 5) is 37.4. The van der Waals surface area contributed by atoms with Gasteiger partial charge in [0.15, 0.2) is 0 Å². The summed E-state index contributed by atoms with van der Waals surface area (Å²) in [5.41, 5.74) is 2.46. The summed E-state index contributed by atoms with van der Waals surface area (Å²) in [6.45, 7) is 3.83. The van der Waals surface area contributed by atoms with Crippen LogP contribution in [0.2, 0.25) is 0 Å². The van der Waals surface area contributed by atoms with Gasteiger partial charge in [-0.25, -0.2) is 0 Å². The van der Waals surface area contributed by atoms with Gasteiger partial charge in [-0.15, -0.1) is 0 Å². The first-order valence-corrected chi connectivity index (χ1v) is 7.59. The molecule has 2 aliphatic rings.